The highest BCUT2D eigenvalue weighted by Crippen LogP contribution is 2.36. The normalized spacial score (nSPS) is 44.1. The van der Waals surface area contributed by atoms with Crippen LogP contribution in [0.4, 0.5) is 0 Å². The van der Waals surface area contributed by atoms with Crippen molar-refractivity contribution in [2.24, 2.45) is 11.7 Å². The summed E-state index contributed by atoms with van der Waals surface area (Å²) in [5.41, 5.74) is 6.31. The third-order valence-corrected chi connectivity index (χ3v) is 3.86. The van der Waals surface area contributed by atoms with Gasteiger partial charge in [0.15, 0.2) is 0 Å². The van der Waals surface area contributed by atoms with Crippen LogP contribution in [0.25, 0.3) is 0 Å². The lowest BCUT2D eigenvalue weighted by Gasteiger charge is -2.38. The zero-order valence-corrected chi connectivity index (χ0v) is 9.00. The first-order chi connectivity index (χ1) is 6.74. The molecule has 0 spiro atoms. The minimum atomic E-state index is -0.0583. The summed E-state index contributed by atoms with van der Waals surface area (Å²) in [5.74, 6) is 0.601. The Kier molecular flexibility index (Phi) is 3.10. The van der Waals surface area contributed by atoms with Crippen LogP contribution in [-0.4, -0.2) is 32.0 Å². The summed E-state index contributed by atoms with van der Waals surface area (Å²) >= 11 is 0. The van der Waals surface area contributed by atoms with Crippen LogP contribution in [0, 0.1) is 5.92 Å². The van der Waals surface area contributed by atoms with Crippen LogP contribution in [0.5, 0.6) is 0 Å². The topological polar surface area (TPSA) is 44.5 Å². The van der Waals surface area contributed by atoms with Crippen LogP contribution < -0.4 is 5.73 Å². The SMILES string of the molecule is COC1CCCC(C2(N)CCOC2)C1. The van der Waals surface area contributed by atoms with E-state index in [0.717, 1.165) is 26.1 Å². The molecule has 2 aliphatic rings. The average molecular weight is 199 g/mol. The van der Waals surface area contributed by atoms with E-state index in [2.05, 4.69) is 0 Å². The summed E-state index contributed by atoms with van der Waals surface area (Å²) in [7, 11) is 1.81. The molecule has 0 radical (unpaired) electrons. The average Bonchev–Trinajstić information content (AvgIpc) is 2.67. The number of hydrogen-bond acceptors (Lipinski definition) is 3. The highest BCUT2D eigenvalue weighted by molar-refractivity contribution is 4.96. The van der Waals surface area contributed by atoms with Crippen LogP contribution in [0.1, 0.15) is 32.1 Å². The Morgan fingerprint density at radius 2 is 2.29 bits per heavy atom. The molecule has 2 rings (SSSR count). The Morgan fingerprint density at radius 1 is 1.43 bits per heavy atom. The Hall–Kier alpha value is -0.120. The molecule has 14 heavy (non-hydrogen) atoms. The lowest BCUT2D eigenvalue weighted by atomic mass is 9.74. The van der Waals surface area contributed by atoms with E-state index < -0.39 is 0 Å². The van der Waals surface area contributed by atoms with Gasteiger partial charge in [0.1, 0.15) is 0 Å². The maximum absolute atomic E-state index is 6.37. The van der Waals surface area contributed by atoms with Crippen LogP contribution in [0.3, 0.4) is 0 Å². The molecule has 0 aromatic carbocycles. The molecule has 1 aliphatic carbocycles. The highest BCUT2D eigenvalue weighted by Gasteiger charge is 2.40. The van der Waals surface area contributed by atoms with E-state index >= 15 is 0 Å². The molecule has 1 saturated heterocycles. The zero-order valence-electron chi connectivity index (χ0n) is 9.00. The predicted molar refractivity (Wildman–Crippen MR) is 55.1 cm³/mol. The van der Waals surface area contributed by atoms with Crippen molar-refractivity contribution >= 4 is 0 Å². The molecule has 2 fully saturated rings. The number of rotatable bonds is 2. The molecule has 1 aliphatic heterocycles. The van der Waals surface area contributed by atoms with Gasteiger partial charge in [0.05, 0.1) is 12.7 Å². The second-order valence-corrected chi connectivity index (χ2v) is 4.76. The first-order valence-electron chi connectivity index (χ1n) is 5.64. The Labute approximate surface area is 85.9 Å². The van der Waals surface area contributed by atoms with Gasteiger partial charge in [-0.3, -0.25) is 0 Å². The largest absolute Gasteiger partial charge is 0.381 e. The molecular weight excluding hydrogens is 178 g/mol. The van der Waals surface area contributed by atoms with Crippen molar-refractivity contribution in [2.75, 3.05) is 20.3 Å². The van der Waals surface area contributed by atoms with E-state index in [1.54, 1.807) is 7.11 Å². The summed E-state index contributed by atoms with van der Waals surface area (Å²) in [6.07, 6.45) is 6.27. The van der Waals surface area contributed by atoms with Crippen molar-refractivity contribution in [1.29, 1.82) is 0 Å². The smallest absolute Gasteiger partial charge is 0.0649 e. The van der Waals surface area contributed by atoms with Gasteiger partial charge in [-0.05, 0) is 31.6 Å². The Bertz CT molecular complexity index is 190. The third kappa shape index (κ3) is 1.95. The second-order valence-electron chi connectivity index (χ2n) is 4.76. The van der Waals surface area contributed by atoms with Crippen molar-refractivity contribution in [3.63, 3.8) is 0 Å². The minimum absolute atomic E-state index is 0.0583. The van der Waals surface area contributed by atoms with Gasteiger partial charge in [0.2, 0.25) is 0 Å². The molecule has 1 saturated carbocycles. The number of nitrogens with two attached hydrogens (primary N) is 1. The van der Waals surface area contributed by atoms with Crippen molar-refractivity contribution in [1.82, 2.24) is 0 Å². The number of ether oxygens (including phenoxy) is 2. The van der Waals surface area contributed by atoms with Gasteiger partial charge in [0.25, 0.3) is 0 Å². The fourth-order valence-corrected chi connectivity index (χ4v) is 2.80. The van der Waals surface area contributed by atoms with Crippen molar-refractivity contribution < 1.29 is 9.47 Å². The minimum Gasteiger partial charge on any atom is -0.381 e. The van der Waals surface area contributed by atoms with Gasteiger partial charge in [-0.2, -0.15) is 0 Å². The van der Waals surface area contributed by atoms with Gasteiger partial charge in [-0.25, -0.2) is 0 Å². The maximum Gasteiger partial charge on any atom is 0.0649 e. The standard InChI is InChI=1S/C11H21NO2/c1-13-10-4-2-3-9(7-10)11(12)5-6-14-8-11/h9-10H,2-8,12H2,1H3. The maximum atomic E-state index is 6.37. The van der Waals surface area contributed by atoms with Crippen molar-refractivity contribution in [3.05, 3.63) is 0 Å². The summed E-state index contributed by atoms with van der Waals surface area (Å²) in [5, 5.41) is 0. The first-order valence-corrected chi connectivity index (χ1v) is 5.64. The van der Waals surface area contributed by atoms with E-state index in [4.69, 9.17) is 15.2 Å². The van der Waals surface area contributed by atoms with Crippen molar-refractivity contribution in [2.45, 2.75) is 43.7 Å². The molecule has 3 heteroatoms. The molecule has 0 aromatic heterocycles. The van der Waals surface area contributed by atoms with E-state index in [9.17, 15) is 0 Å². The predicted octanol–water partition coefficient (Wildman–Crippen LogP) is 1.31. The number of methoxy groups -OCH3 is 1. The fraction of sp³-hybridized carbons (Fsp3) is 1.00. The highest BCUT2D eigenvalue weighted by atomic mass is 16.5. The molecule has 2 N–H and O–H groups in total. The molecule has 3 atom stereocenters. The quantitative estimate of drug-likeness (QED) is 0.729. The number of hydrogen-bond donors (Lipinski definition) is 1. The van der Waals surface area contributed by atoms with Crippen LogP contribution in [0.2, 0.25) is 0 Å². The van der Waals surface area contributed by atoms with E-state index in [0.29, 0.717) is 12.0 Å². The monoisotopic (exact) mass is 199 g/mol. The lowest BCUT2D eigenvalue weighted by Crippen LogP contribution is -2.50. The fourth-order valence-electron chi connectivity index (χ4n) is 2.80. The third-order valence-electron chi connectivity index (χ3n) is 3.86. The summed E-state index contributed by atoms with van der Waals surface area (Å²) in [6.45, 7) is 1.58. The molecule has 0 bridgehead atoms. The van der Waals surface area contributed by atoms with Crippen molar-refractivity contribution in [3.8, 4) is 0 Å². The summed E-state index contributed by atoms with van der Waals surface area (Å²) < 4.78 is 10.8. The molecule has 3 unspecified atom stereocenters. The molecule has 3 nitrogen and oxygen atoms in total. The van der Waals surface area contributed by atoms with Crippen LogP contribution in [0.15, 0.2) is 0 Å². The molecule has 1 heterocycles. The lowest BCUT2D eigenvalue weighted by molar-refractivity contribution is 0.0280. The zero-order chi connectivity index (χ0) is 10.0. The second kappa shape index (κ2) is 4.17. The Morgan fingerprint density at radius 3 is 2.93 bits per heavy atom. The van der Waals surface area contributed by atoms with Gasteiger partial charge >= 0.3 is 0 Å². The van der Waals surface area contributed by atoms with Gasteiger partial charge in [0, 0.05) is 19.3 Å². The summed E-state index contributed by atoms with van der Waals surface area (Å²) in [6, 6.07) is 0. The van der Waals surface area contributed by atoms with Gasteiger partial charge in [-0.15, -0.1) is 0 Å². The van der Waals surface area contributed by atoms with Gasteiger partial charge in [-0.1, -0.05) is 6.42 Å². The molecule has 82 valence electrons. The van der Waals surface area contributed by atoms with Gasteiger partial charge < -0.3 is 15.2 Å². The molecule has 0 aromatic rings. The molecular formula is C11H21NO2. The van der Waals surface area contributed by atoms with Crippen LogP contribution >= 0.6 is 0 Å². The summed E-state index contributed by atoms with van der Waals surface area (Å²) in [4.78, 5) is 0. The van der Waals surface area contributed by atoms with E-state index in [1.807, 2.05) is 0 Å². The first kappa shape index (κ1) is 10.4. The Balaban J connectivity index is 1.96. The molecule has 0 amide bonds. The van der Waals surface area contributed by atoms with Crippen LogP contribution in [-0.2, 0) is 9.47 Å². The van der Waals surface area contributed by atoms with E-state index in [1.165, 1.54) is 19.3 Å². The van der Waals surface area contributed by atoms with E-state index in [-0.39, 0.29) is 5.54 Å².